The number of rotatable bonds is 4. The molecule has 5 heteroatoms. The zero-order valence-electron chi connectivity index (χ0n) is 12.7. The van der Waals surface area contributed by atoms with Crippen LogP contribution in [0.25, 0.3) is 0 Å². The fraction of sp³-hybridized carbons (Fsp3) is 0.412. The fourth-order valence-corrected chi connectivity index (χ4v) is 3.93. The molecule has 1 aliphatic rings. The van der Waals surface area contributed by atoms with Gasteiger partial charge in [0.05, 0.1) is 11.2 Å². The highest BCUT2D eigenvalue weighted by molar-refractivity contribution is 7.13. The molecule has 1 aliphatic heterocycles. The van der Waals surface area contributed by atoms with Crippen molar-refractivity contribution >= 4 is 17.2 Å². The molecule has 0 aliphatic carbocycles. The van der Waals surface area contributed by atoms with E-state index in [0.29, 0.717) is 13.1 Å². The van der Waals surface area contributed by atoms with Crippen molar-refractivity contribution < 1.29 is 4.79 Å². The summed E-state index contributed by atoms with van der Waals surface area (Å²) in [5, 5.41) is 1.04. The number of nitrogens with zero attached hydrogens (tertiary/aromatic N) is 2. The smallest absolute Gasteiger partial charge is 0.265 e. The second-order valence-electron chi connectivity index (χ2n) is 5.76. The average Bonchev–Trinajstić information content (AvgIpc) is 3.15. The second kappa shape index (κ2) is 6.58. The summed E-state index contributed by atoms with van der Waals surface area (Å²) in [4.78, 5) is 19.6. The number of likely N-dealkylation sites (tertiary alicyclic amines) is 1. The van der Waals surface area contributed by atoms with E-state index in [9.17, 15) is 4.79 Å². The Morgan fingerprint density at radius 3 is 2.86 bits per heavy atom. The standard InChI is InChI=1S/C17H21N3OS/c1-2-6-16-19-9-15(22-16)17(21)20-10-13(14(18)11-20)12-7-4-3-5-8-12/h3-5,7-9,13-14H,2,6,10-11,18H2,1H3/t13-,14+/m0/s1. The van der Waals surface area contributed by atoms with Crippen LogP contribution in [0, 0.1) is 0 Å². The van der Waals surface area contributed by atoms with Gasteiger partial charge in [0.15, 0.2) is 0 Å². The van der Waals surface area contributed by atoms with Gasteiger partial charge in [0.25, 0.3) is 5.91 Å². The third kappa shape index (κ3) is 3.05. The Balaban J connectivity index is 1.72. The van der Waals surface area contributed by atoms with Crippen molar-refractivity contribution in [1.29, 1.82) is 0 Å². The molecule has 0 spiro atoms. The number of carbonyl (C=O) groups excluding carboxylic acids is 1. The van der Waals surface area contributed by atoms with Gasteiger partial charge in [0.1, 0.15) is 4.88 Å². The molecule has 2 N–H and O–H groups in total. The van der Waals surface area contributed by atoms with Gasteiger partial charge in [0.2, 0.25) is 0 Å². The number of carbonyl (C=O) groups is 1. The Morgan fingerprint density at radius 2 is 2.14 bits per heavy atom. The Labute approximate surface area is 135 Å². The van der Waals surface area contributed by atoms with Gasteiger partial charge in [-0.25, -0.2) is 4.98 Å². The third-order valence-corrected chi connectivity index (χ3v) is 5.15. The summed E-state index contributed by atoms with van der Waals surface area (Å²) in [7, 11) is 0. The van der Waals surface area contributed by atoms with E-state index in [-0.39, 0.29) is 17.9 Å². The molecule has 4 nitrogen and oxygen atoms in total. The molecule has 1 aromatic heterocycles. The molecule has 22 heavy (non-hydrogen) atoms. The van der Waals surface area contributed by atoms with Crippen LogP contribution >= 0.6 is 11.3 Å². The van der Waals surface area contributed by atoms with Crippen molar-refractivity contribution in [2.24, 2.45) is 5.73 Å². The SMILES string of the molecule is CCCc1ncc(C(=O)N2C[C@@H](N)[C@H](c3ccccc3)C2)s1. The van der Waals surface area contributed by atoms with Gasteiger partial charge in [-0.2, -0.15) is 0 Å². The van der Waals surface area contributed by atoms with Gasteiger partial charge in [-0.1, -0.05) is 37.3 Å². The average molecular weight is 315 g/mol. The van der Waals surface area contributed by atoms with Crippen molar-refractivity contribution in [2.75, 3.05) is 13.1 Å². The van der Waals surface area contributed by atoms with E-state index in [1.165, 1.54) is 16.9 Å². The normalized spacial score (nSPS) is 21.3. The van der Waals surface area contributed by atoms with Crippen LogP contribution in [0.2, 0.25) is 0 Å². The van der Waals surface area contributed by atoms with Crippen molar-refractivity contribution in [2.45, 2.75) is 31.7 Å². The van der Waals surface area contributed by atoms with Crippen molar-refractivity contribution in [1.82, 2.24) is 9.88 Å². The number of hydrogen-bond donors (Lipinski definition) is 1. The van der Waals surface area contributed by atoms with Gasteiger partial charge in [0, 0.05) is 25.0 Å². The van der Waals surface area contributed by atoms with Crippen molar-refractivity contribution in [3.63, 3.8) is 0 Å². The lowest BCUT2D eigenvalue weighted by molar-refractivity contribution is 0.0793. The van der Waals surface area contributed by atoms with Crippen LogP contribution in [0.1, 0.15) is 39.5 Å². The molecule has 0 radical (unpaired) electrons. The van der Waals surface area contributed by atoms with Crippen molar-refractivity contribution in [3.8, 4) is 0 Å². The Kier molecular flexibility index (Phi) is 4.55. The summed E-state index contributed by atoms with van der Waals surface area (Å²) < 4.78 is 0. The van der Waals surface area contributed by atoms with E-state index >= 15 is 0 Å². The number of thiazole rings is 1. The van der Waals surface area contributed by atoms with E-state index in [1.807, 2.05) is 23.1 Å². The summed E-state index contributed by atoms with van der Waals surface area (Å²) in [5.74, 6) is 0.280. The first kappa shape index (κ1) is 15.2. The minimum Gasteiger partial charge on any atom is -0.336 e. The molecule has 0 saturated carbocycles. The number of hydrogen-bond acceptors (Lipinski definition) is 4. The van der Waals surface area contributed by atoms with Crippen LogP contribution in [0.5, 0.6) is 0 Å². The predicted octanol–water partition coefficient (Wildman–Crippen LogP) is 2.66. The first-order chi connectivity index (χ1) is 10.7. The summed E-state index contributed by atoms with van der Waals surface area (Å²) in [6.45, 7) is 3.41. The minimum atomic E-state index is -0.00520. The molecule has 116 valence electrons. The monoisotopic (exact) mass is 315 g/mol. The van der Waals surface area contributed by atoms with Crippen LogP contribution in [0.4, 0.5) is 0 Å². The second-order valence-corrected chi connectivity index (χ2v) is 6.87. The number of benzene rings is 1. The lowest BCUT2D eigenvalue weighted by Crippen LogP contribution is -2.31. The highest BCUT2D eigenvalue weighted by Gasteiger charge is 2.34. The largest absolute Gasteiger partial charge is 0.336 e. The van der Waals surface area contributed by atoms with Crippen LogP contribution in [0.15, 0.2) is 36.5 Å². The quantitative estimate of drug-likeness (QED) is 0.943. The molecule has 2 atom stereocenters. The molecule has 3 rings (SSSR count). The molecule has 0 bridgehead atoms. The molecule has 1 aromatic carbocycles. The van der Waals surface area contributed by atoms with Crippen LogP contribution in [-0.2, 0) is 6.42 Å². The number of nitrogens with two attached hydrogens (primary N) is 1. The Morgan fingerprint density at radius 1 is 1.36 bits per heavy atom. The molecule has 1 saturated heterocycles. The summed E-state index contributed by atoms with van der Waals surface area (Å²) in [6, 6.07) is 10.2. The Bertz CT molecular complexity index is 640. The van der Waals surface area contributed by atoms with E-state index in [2.05, 4.69) is 24.0 Å². The first-order valence-corrected chi connectivity index (χ1v) is 8.55. The molecule has 1 amide bonds. The molecule has 2 heterocycles. The van der Waals surface area contributed by atoms with Crippen LogP contribution in [0.3, 0.4) is 0 Å². The van der Waals surface area contributed by atoms with Gasteiger partial charge in [-0.05, 0) is 18.4 Å². The highest BCUT2D eigenvalue weighted by Crippen LogP contribution is 2.28. The summed E-state index contributed by atoms with van der Waals surface area (Å²) >= 11 is 1.51. The van der Waals surface area contributed by atoms with Gasteiger partial charge < -0.3 is 10.6 Å². The maximum atomic E-state index is 12.6. The van der Waals surface area contributed by atoms with Gasteiger partial charge in [-0.3, -0.25) is 4.79 Å². The van der Waals surface area contributed by atoms with E-state index in [4.69, 9.17) is 5.73 Å². The van der Waals surface area contributed by atoms with E-state index < -0.39 is 0 Å². The topological polar surface area (TPSA) is 59.2 Å². The van der Waals surface area contributed by atoms with Crippen molar-refractivity contribution in [3.05, 3.63) is 52.0 Å². The predicted molar refractivity (Wildman–Crippen MR) is 89.2 cm³/mol. The fourth-order valence-electron chi connectivity index (χ4n) is 2.94. The number of aromatic nitrogens is 1. The van der Waals surface area contributed by atoms with Gasteiger partial charge >= 0.3 is 0 Å². The third-order valence-electron chi connectivity index (χ3n) is 4.11. The van der Waals surface area contributed by atoms with E-state index in [0.717, 1.165) is 22.7 Å². The molecular weight excluding hydrogens is 294 g/mol. The zero-order chi connectivity index (χ0) is 15.5. The maximum absolute atomic E-state index is 12.6. The molecular formula is C17H21N3OS. The minimum absolute atomic E-state index is 0.00520. The molecule has 0 unspecified atom stereocenters. The highest BCUT2D eigenvalue weighted by atomic mass is 32.1. The Hall–Kier alpha value is -1.72. The van der Waals surface area contributed by atoms with Crippen LogP contribution in [-0.4, -0.2) is 34.9 Å². The lowest BCUT2D eigenvalue weighted by Gasteiger charge is -2.15. The zero-order valence-corrected chi connectivity index (χ0v) is 13.6. The maximum Gasteiger partial charge on any atom is 0.265 e. The lowest BCUT2D eigenvalue weighted by atomic mass is 9.95. The van der Waals surface area contributed by atoms with E-state index in [1.54, 1.807) is 6.20 Å². The number of amides is 1. The summed E-state index contributed by atoms with van der Waals surface area (Å²) in [5.41, 5.74) is 7.47. The number of aryl methyl sites for hydroxylation is 1. The van der Waals surface area contributed by atoms with Gasteiger partial charge in [-0.15, -0.1) is 11.3 Å². The first-order valence-electron chi connectivity index (χ1n) is 7.73. The molecule has 1 fully saturated rings. The molecule has 2 aromatic rings. The summed E-state index contributed by atoms with van der Waals surface area (Å²) in [6.07, 6.45) is 3.69. The van der Waals surface area contributed by atoms with Crippen LogP contribution < -0.4 is 5.73 Å².